The van der Waals surface area contributed by atoms with Gasteiger partial charge in [0.05, 0.1) is 17.7 Å². The Morgan fingerprint density at radius 2 is 1.78 bits per heavy atom. The fourth-order valence-electron chi connectivity index (χ4n) is 4.21. The van der Waals surface area contributed by atoms with Gasteiger partial charge in [-0.05, 0) is 49.1 Å². The Balaban J connectivity index is 1.82. The van der Waals surface area contributed by atoms with Crippen LogP contribution in [0.25, 0.3) is 11.3 Å². The Kier molecular flexibility index (Phi) is 7.67. The summed E-state index contributed by atoms with van der Waals surface area (Å²) in [7, 11) is -4.31. The highest BCUT2D eigenvalue weighted by Gasteiger charge is 2.35. The van der Waals surface area contributed by atoms with Gasteiger partial charge in [0.2, 0.25) is 0 Å². The third-order valence-electron chi connectivity index (χ3n) is 5.99. The lowest BCUT2D eigenvalue weighted by Crippen LogP contribution is -2.29. The Morgan fingerprint density at radius 3 is 2.54 bits per heavy atom. The predicted molar refractivity (Wildman–Crippen MR) is 132 cm³/mol. The van der Waals surface area contributed by atoms with Gasteiger partial charge in [-0.25, -0.2) is 9.97 Å². The van der Waals surface area contributed by atoms with Crippen molar-refractivity contribution in [3.05, 3.63) is 65.7 Å². The van der Waals surface area contributed by atoms with E-state index in [0.29, 0.717) is 37.2 Å². The van der Waals surface area contributed by atoms with E-state index < -0.39 is 27.7 Å². The summed E-state index contributed by atoms with van der Waals surface area (Å²) in [5.74, 6) is -0.971. The molecule has 3 heterocycles. The van der Waals surface area contributed by atoms with Gasteiger partial charge in [0.1, 0.15) is 11.6 Å². The highest BCUT2D eigenvalue weighted by atomic mass is 32.2. The summed E-state index contributed by atoms with van der Waals surface area (Å²) in [5.41, 5.74) is -0.358. The maximum absolute atomic E-state index is 13.9. The zero-order valence-electron chi connectivity index (χ0n) is 19.7. The summed E-state index contributed by atoms with van der Waals surface area (Å²) in [6.45, 7) is 0.587. The van der Waals surface area contributed by atoms with E-state index in [1.54, 1.807) is 35.2 Å². The van der Waals surface area contributed by atoms with Gasteiger partial charge in [-0.2, -0.15) is 21.6 Å². The van der Waals surface area contributed by atoms with Crippen LogP contribution in [-0.4, -0.2) is 42.6 Å². The molecule has 0 radical (unpaired) electrons. The number of carboxylic acids is 1. The maximum atomic E-state index is 13.9. The number of aromatic nitrogens is 2. The molecular formula is C25H25F3N4O4S. The first kappa shape index (κ1) is 26.4. The number of anilines is 2. The Morgan fingerprint density at radius 1 is 1.00 bits per heavy atom. The van der Waals surface area contributed by atoms with Crippen LogP contribution in [0.2, 0.25) is 0 Å². The molecule has 0 unspecified atom stereocenters. The molecule has 2 aromatic heterocycles. The molecule has 1 aliphatic heterocycles. The molecule has 2 N–H and O–H groups in total. The Labute approximate surface area is 212 Å². The van der Waals surface area contributed by atoms with Crippen LogP contribution in [-0.2, 0) is 27.4 Å². The van der Waals surface area contributed by atoms with Crippen molar-refractivity contribution in [1.82, 2.24) is 9.97 Å². The molecule has 4 bridgehead atoms. The average Bonchev–Trinajstić information content (AvgIpc) is 2.84. The summed E-state index contributed by atoms with van der Waals surface area (Å²) in [6.07, 6.45) is -2.29. The molecule has 8 nitrogen and oxygen atoms in total. The van der Waals surface area contributed by atoms with Crippen molar-refractivity contribution in [2.45, 2.75) is 43.3 Å². The second-order valence-corrected chi connectivity index (χ2v) is 10.3. The molecule has 0 saturated carbocycles. The largest absolute Gasteiger partial charge is 0.481 e. The number of hydrogen-bond acceptors (Lipinski definition) is 6. The lowest BCUT2D eigenvalue weighted by molar-refractivity contribution is -0.138. The Bertz CT molecular complexity index is 1400. The van der Waals surface area contributed by atoms with Gasteiger partial charge >= 0.3 is 12.1 Å². The van der Waals surface area contributed by atoms with Gasteiger partial charge in [0.25, 0.3) is 10.0 Å². The maximum Gasteiger partial charge on any atom is 0.418 e. The van der Waals surface area contributed by atoms with Crippen molar-refractivity contribution < 1.29 is 31.5 Å². The highest BCUT2D eigenvalue weighted by molar-refractivity contribution is 7.92. The molecule has 3 aromatic rings. The number of halogens is 3. The van der Waals surface area contributed by atoms with Crippen LogP contribution in [0.5, 0.6) is 0 Å². The van der Waals surface area contributed by atoms with E-state index in [1.165, 1.54) is 12.1 Å². The zero-order valence-corrected chi connectivity index (χ0v) is 20.5. The SMILES string of the molecule is O=C(O)CCN1CCCCCc2ccccc2-c2nc(ccc2C(F)(F)F)NS(=O)(=O)c2cccc1n2. The first-order valence-corrected chi connectivity index (χ1v) is 13.2. The number of nitrogens with zero attached hydrogens (tertiary/aromatic N) is 3. The number of alkyl halides is 3. The van der Waals surface area contributed by atoms with E-state index in [2.05, 4.69) is 14.7 Å². The molecule has 37 heavy (non-hydrogen) atoms. The van der Waals surface area contributed by atoms with Crippen molar-refractivity contribution in [2.24, 2.45) is 0 Å². The smallest absolute Gasteiger partial charge is 0.418 e. The van der Waals surface area contributed by atoms with Crippen molar-refractivity contribution in [3.8, 4) is 11.3 Å². The number of carbonyl (C=O) groups is 1. The number of aryl methyl sites for hydroxylation is 1. The first-order chi connectivity index (χ1) is 17.5. The van der Waals surface area contributed by atoms with E-state index in [0.717, 1.165) is 18.6 Å². The van der Waals surface area contributed by atoms with Crippen LogP contribution in [0.15, 0.2) is 59.6 Å². The number of benzene rings is 1. The van der Waals surface area contributed by atoms with Crippen LogP contribution in [0.3, 0.4) is 0 Å². The minimum absolute atomic E-state index is 0.145. The zero-order chi connectivity index (χ0) is 26.6. The highest BCUT2D eigenvalue weighted by Crippen LogP contribution is 2.38. The fraction of sp³-hybridized carbons (Fsp3) is 0.320. The minimum atomic E-state index is -4.69. The monoisotopic (exact) mass is 534 g/mol. The molecular weight excluding hydrogens is 509 g/mol. The number of sulfonamides is 1. The molecule has 12 heteroatoms. The summed E-state index contributed by atoms with van der Waals surface area (Å²) in [4.78, 5) is 21.2. The lowest BCUT2D eigenvalue weighted by atomic mass is 9.96. The molecule has 0 amide bonds. The van der Waals surface area contributed by atoms with Gasteiger partial charge in [-0.3, -0.25) is 9.52 Å². The molecule has 1 aromatic carbocycles. The quantitative estimate of drug-likeness (QED) is 0.488. The molecule has 0 spiro atoms. The summed E-state index contributed by atoms with van der Waals surface area (Å²) < 4.78 is 70.1. The van der Waals surface area contributed by atoms with Crippen LogP contribution >= 0.6 is 0 Å². The molecule has 0 saturated heterocycles. The van der Waals surface area contributed by atoms with Crippen LogP contribution in [0.1, 0.15) is 36.8 Å². The fourth-order valence-corrected chi connectivity index (χ4v) is 5.17. The van der Waals surface area contributed by atoms with E-state index >= 15 is 0 Å². The van der Waals surface area contributed by atoms with Crippen molar-refractivity contribution >= 4 is 27.6 Å². The van der Waals surface area contributed by atoms with E-state index in [-0.39, 0.29) is 35.1 Å². The number of pyridine rings is 2. The second kappa shape index (κ2) is 10.8. The van der Waals surface area contributed by atoms with Crippen molar-refractivity contribution in [2.75, 3.05) is 22.7 Å². The van der Waals surface area contributed by atoms with E-state index in [9.17, 15) is 26.4 Å². The van der Waals surface area contributed by atoms with Gasteiger partial charge in [-0.15, -0.1) is 0 Å². The predicted octanol–water partition coefficient (Wildman–Crippen LogP) is 4.97. The number of carboxylic acid groups (broad SMARTS) is 1. The summed E-state index contributed by atoms with van der Waals surface area (Å²) in [6, 6.07) is 12.8. The molecule has 1 aliphatic rings. The first-order valence-electron chi connectivity index (χ1n) is 11.7. The van der Waals surface area contributed by atoms with Crippen LogP contribution < -0.4 is 9.62 Å². The molecule has 0 aliphatic carbocycles. The minimum Gasteiger partial charge on any atom is -0.481 e. The number of nitrogens with one attached hydrogen (secondary N) is 1. The topological polar surface area (TPSA) is 112 Å². The van der Waals surface area contributed by atoms with Gasteiger partial charge < -0.3 is 10.0 Å². The standard InChI is InChI=1S/C25H25F3N4O4S/c26-25(27,28)19-12-13-20-29-24(19)18-9-4-3-8-17(18)7-2-1-5-15-32(16-14-23(33)34)21-10-6-11-22(30-21)37(35,36)31-20/h3-4,6,8-13H,1-2,5,7,14-16H2,(H,29,31)(H,33,34). The van der Waals surface area contributed by atoms with E-state index in [4.69, 9.17) is 5.11 Å². The molecule has 4 rings (SSSR count). The summed E-state index contributed by atoms with van der Waals surface area (Å²) >= 11 is 0. The summed E-state index contributed by atoms with van der Waals surface area (Å²) in [5, 5.41) is 8.78. The van der Waals surface area contributed by atoms with Crippen LogP contribution in [0.4, 0.5) is 24.8 Å². The normalized spacial score (nSPS) is 15.9. The number of aliphatic carboxylic acids is 1. The van der Waals surface area contributed by atoms with Gasteiger partial charge in [0.15, 0.2) is 5.03 Å². The molecule has 196 valence electrons. The second-order valence-electron chi connectivity index (χ2n) is 8.63. The molecule has 0 fully saturated rings. The van der Waals surface area contributed by atoms with Crippen LogP contribution in [0, 0.1) is 0 Å². The number of hydrogen-bond donors (Lipinski definition) is 2. The number of rotatable bonds is 3. The van der Waals surface area contributed by atoms with Gasteiger partial charge in [-0.1, -0.05) is 36.8 Å². The van der Waals surface area contributed by atoms with E-state index in [1.807, 2.05) is 0 Å². The third-order valence-corrected chi connectivity index (χ3v) is 7.25. The Hall–Kier alpha value is -3.67. The number of fused-ring (bicyclic) bond motifs is 6. The average molecular weight is 535 g/mol. The lowest BCUT2D eigenvalue weighted by Gasteiger charge is -2.24. The van der Waals surface area contributed by atoms with Crippen molar-refractivity contribution in [3.63, 3.8) is 0 Å². The van der Waals surface area contributed by atoms with Crippen molar-refractivity contribution in [1.29, 1.82) is 0 Å². The molecule has 0 atom stereocenters. The third kappa shape index (κ3) is 6.37. The van der Waals surface area contributed by atoms with Gasteiger partial charge in [0, 0.05) is 18.7 Å².